The maximum absolute atomic E-state index is 6.41. The van der Waals surface area contributed by atoms with Crippen LogP contribution in [0.1, 0.15) is 22.3 Å². The molecule has 0 bridgehead atoms. The summed E-state index contributed by atoms with van der Waals surface area (Å²) >= 11 is 0. The van der Waals surface area contributed by atoms with Gasteiger partial charge in [-0.2, -0.15) is 0 Å². The van der Waals surface area contributed by atoms with Gasteiger partial charge in [0, 0.05) is 56.4 Å². The number of benzene rings is 10. The van der Waals surface area contributed by atoms with Gasteiger partial charge in [-0.25, -0.2) is 0 Å². The Labute approximate surface area is 370 Å². The fraction of sp³-hybridized carbons (Fsp3) is 0.0667. The van der Waals surface area contributed by atoms with Crippen molar-refractivity contribution in [3.05, 3.63) is 204 Å². The summed E-state index contributed by atoms with van der Waals surface area (Å²) in [4.78, 5) is 4.79. The number of hydrogen-bond acceptors (Lipinski definition) is 4. The molecule has 0 unspecified atom stereocenters. The predicted octanol–water partition coefficient (Wildman–Crippen LogP) is 17.6. The molecule has 0 atom stereocenters. The first kappa shape index (κ1) is 36.6. The molecule has 0 N–H and O–H groups in total. The van der Waals surface area contributed by atoms with Gasteiger partial charge in [0.1, 0.15) is 22.3 Å². The van der Waals surface area contributed by atoms with Crippen LogP contribution in [0.15, 0.2) is 191 Å². The molecule has 10 aromatic carbocycles. The van der Waals surface area contributed by atoms with E-state index in [4.69, 9.17) is 8.83 Å². The molecule has 0 radical (unpaired) electrons. The van der Waals surface area contributed by atoms with E-state index in [1.54, 1.807) is 0 Å². The van der Waals surface area contributed by atoms with Crippen LogP contribution in [-0.2, 0) is 0 Å². The van der Waals surface area contributed by atoms with Gasteiger partial charge in [0.15, 0.2) is 0 Å². The highest BCUT2D eigenvalue weighted by molar-refractivity contribution is 6.13. The third kappa shape index (κ3) is 5.49. The van der Waals surface area contributed by atoms with Gasteiger partial charge in [0.05, 0.1) is 11.4 Å². The Balaban J connectivity index is 0.922. The highest BCUT2D eigenvalue weighted by Gasteiger charge is 2.26. The number of hydrogen-bond donors (Lipinski definition) is 0. The van der Waals surface area contributed by atoms with E-state index >= 15 is 0 Å². The Morgan fingerprint density at radius 3 is 1.05 bits per heavy atom. The SMILES string of the molecule is Cc1cccc(C)c1N(c1ccc2cc3c(cc2c1)-c1cc2cc(N(c4ccc5c(c4)oc4ccccc45)c4c(C)cccc4C)ccc2cc1-3)c1ccc2c(c1)oc1ccccc12. The Kier molecular flexibility index (Phi) is 7.83. The van der Waals surface area contributed by atoms with Crippen molar-refractivity contribution in [3.8, 4) is 22.3 Å². The van der Waals surface area contributed by atoms with E-state index in [9.17, 15) is 0 Å². The lowest BCUT2D eigenvalue weighted by molar-refractivity contribution is 0.668. The Hall–Kier alpha value is -8.08. The van der Waals surface area contributed by atoms with E-state index in [0.29, 0.717) is 0 Å². The number of para-hydroxylation sites is 4. The summed E-state index contributed by atoms with van der Waals surface area (Å²) in [7, 11) is 0. The van der Waals surface area contributed by atoms with Gasteiger partial charge in [-0.05, 0) is 179 Å². The average molecular weight is 823 g/mol. The quantitative estimate of drug-likeness (QED) is 0.167. The van der Waals surface area contributed by atoms with Crippen LogP contribution in [0.2, 0.25) is 0 Å². The second-order valence-electron chi connectivity index (χ2n) is 17.6. The molecule has 2 aromatic heterocycles. The molecule has 0 saturated carbocycles. The topological polar surface area (TPSA) is 32.8 Å². The normalized spacial score (nSPS) is 12.1. The number of fused-ring (bicyclic) bond motifs is 12. The van der Waals surface area contributed by atoms with Crippen LogP contribution in [0, 0.1) is 27.7 Å². The van der Waals surface area contributed by atoms with Crippen molar-refractivity contribution < 1.29 is 8.83 Å². The summed E-state index contributed by atoms with van der Waals surface area (Å²) in [5, 5.41) is 9.38. The summed E-state index contributed by atoms with van der Waals surface area (Å²) in [6, 6.07) is 66.2. The third-order valence-electron chi connectivity index (χ3n) is 13.6. The zero-order chi connectivity index (χ0) is 42.8. The Morgan fingerprint density at radius 2 is 0.625 bits per heavy atom. The molecule has 1 aliphatic carbocycles. The van der Waals surface area contributed by atoms with Crippen molar-refractivity contribution in [1.29, 1.82) is 0 Å². The van der Waals surface area contributed by atoms with Gasteiger partial charge in [-0.15, -0.1) is 0 Å². The van der Waals surface area contributed by atoms with E-state index < -0.39 is 0 Å². The number of rotatable bonds is 6. The third-order valence-corrected chi connectivity index (χ3v) is 13.6. The van der Waals surface area contributed by atoms with E-state index in [1.165, 1.54) is 77.4 Å². The maximum Gasteiger partial charge on any atom is 0.137 e. The Bertz CT molecular complexity index is 3630. The van der Waals surface area contributed by atoms with Crippen LogP contribution in [0.25, 0.3) is 87.7 Å². The second kappa shape index (κ2) is 13.7. The van der Waals surface area contributed by atoms with Gasteiger partial charge >= 0.3 is 0 Å². The Morgan fingerprint density at radius 1 is 0.281 bits per heavy atom. The summed E-state index contributed by atoms with van der Waals surface area (Å²) in [5.74, 6) is 0. The van der Waals surface area contributed by atoms with Crippen molar-refractivity contribution in [3.63, 3.8) is 0 Å². The maximum atomic E-state index is 6.41. The minimum Gasteiger partial charge on any atom is -0.456 e. The fourth-order valence-electron chi connectivity index (χ4n) is 10.5. The van der Waals surface area contributed by atoms with Crippen molar-refractivity contribution in [2.75, 3.05) is 9.80 Å². The van der Waals surface area contributed by atoms with Crippen molar-refractivity contribution in [2.24, 2.45) is 0 Å². The van der Waals surface area contributed by atoms with Crippen molar-refractivity contribution in [1.82, 2.24) is 0 Å². The monoisotopic (exact) mass is 822 g/mol. The lowest BCUT2D eigenvalue weighted by atomic mass is 9.78. The smallest absolute Gasteiger partial charge is 0.137 e. The molecule has 0 aliphatic heterocycles. The van der Waals surface area contributed by atoms with Gasteiger partial charge in [-0.1, -0.05) is 84.9 Å². The first-order chi connectivity index (χ1) is 31.3. The molecule has 304 valence electrons. The van der Waals surface area contributed by atoms with Crippen molar-refractivity contribution in [2.45, 2.75) is 27.7 Å². The van der Waals surface area contributed by atoms with Crippen LogP contribution in [-0.4, -0.2) is 0 Å². The molecule has 0 spiro atoms. The molecule has 1 aliphatic rings. The van der Waals surface area contributed by atoms with E-state index in [0.717, 1.165) is 66.6 Å². The van der Waals surface area contributed by atoms with Gasteiger partial charge in [0.25, 0.3) is 0 Å². The molecule has 4 nitrogen and oxygen atoms in total. The number of furan rings is 2. The van der Waals surface area contributed by atoms with E-state index in [-0.39, 0.29) is 0 Å². The second-order valence-corrected chi connectivity index (χ2v) is 17.6. The first-order valence-electron chi connectivity index (χ1n) is 22.1. The van der Waals surface area contributed by atoms with Gasteiger partial charge < -0.3 is 18.6 Å². The fourth-order valence-corrected chi connectivity index (χ4v) is 10.5. The highest BCUT2D eigenvalue weighted by Crippen LogP contribution is 2.52. The molecular weight excluding hydrogens is 781 g/mol. The molecule has 13 rings (SSSR count). The van der Waals surface area contributed by atoms with Crippen molar-refractivity contribution >= 4 is 99.5 Å². The molecule has 12 aromatic rings. The van der Waals surface area contributed by atoms with Gasteiger partial charge in [0.2, 0.25) is 0 Å². The zero-order valence-corrected chi connectivity index (χ0v) is 36.0. The van der Waals surface area contributed by atoms with E-state index in [2.05, 4.69) is 195 Å². The predicted molar refractivity (Wildman–Crippen MR) is 269 cm³/mol. The first-order valence-corrected chi connectivity index (χ1v) is 22.1. The minimum absolute atomic E-state index is 0.883. The number of aryl methyl sites for hydroxylation is 4. The summed E-state index contributed by atoms with van der Waals surface area (Å²) in [6.45, 7) is 8.80. The number of nitrogens with zero attached hydrogens (tertiary/aromatic N) is 2. The van der Waals surface area contributed by atoms with Crippen LogP contribution >= 0.6 is 0 Å². The lowest BCUT2D eigenvalue weighted by Gasteiger charge is -2.30. The molecular formula is C60H42N2O2. The van der Waals surface area contributed by atoms with E-state index in [1.807, 2.05) is 24.3 Å². The van der Waals surface area contributed by atoms with Gasteiger partial charge in [-0.3, -0.25) is 0 Å². The van der Waals surface area contributed by atoms with Crippen LogP contribution in [0.4, 0.5) is 34.1 Å². The molecule has 0 amide bonds. The van der Waals surface area contributed by atoms with Crippen LogP contribution in [0.3, 0.4) is 0 Å². The minimum atomic E-state index is 0.883. The summed E-state index contributed by atoms with van der Waals surface area (Å²) in [6.07, 6.45) is 0. The molecule has 2 heterocycles. The summed E-state index contributed by atoms with van der Waals surface area (Å²) < 4.78 is 12.8. The zero-order valence-electron chi connectivity index (χ0n) is 36.0. The lowest BCUT2D eigenvalue weighted by Crippen LogP contribution is -2.13. The standard InChI is InChI=1S/C60H42N2O2/c1-35-11-9-12-36(2)59(35)61(45-23-25-49-47-15-5-7-17-55(47)63-57(49)33-45)43-21-19-39-29-51-52-30-40-20-22-44(28-42(40)32-54(52)53(51)31-41(39)27-43)62(60-37(3)13-10-14-38(60)4)46-24-26-50-48-16-6-8-18-56(48)64-58(50)34-46/h5-34H,1-4H3. The van der Waals surface area contributed by atoms with Crippen LogP contribution < -0.4 is 9.80 Å². The van der Waals surface area contributed by atoms with Crippen LogP contribution in [0.5, 0.6) is 0 Å². The molecule has 0 saturated heterocycles. The summed E-state index contributed by atoms with van der Waals surface area (Å²) in [5.41, 5.74) is 20.3. The molecule has 0 fully saturated rings. The largest absolute Gasteiger partial charge is 0.456 e. The molecule has 64 heavy (non-hydrogen) atoms. The number of anilines is 6. The highest BCUT2D eigenvalue weighted by atomic mass is 16.3. The molecule has 4 heteroatoms. The average Bonchev–Trinajstić information content (AvgIpc) is 3.88.